The summed E-state index contributed by atoms with van der Waals surface area (Å²) < 4.78 is 0. The molecule has 0 N–H and O–H groups in total. The molecule has 0 spiro atoms. The van der Waals surface area contributed by atoms with Crippen LogP contribution in [-0.2, 0) is 0 Å². The van der Waals surface area contributed by atoms with Gasteiger partial charge in [-0.3, -0.25) is 0 Å². The molecule has 12 heavy (non-hydrogen) atoms. The molecule has 0 aromatic heterocycles. The van der Waals surface area contributed by atoms with E-state index in [-0.39, 0.29) is 116 Å². The van der Waals surface area contributed by atoms with E-state index < -0.39 is 5.41 Å². The minimum absolute atomic E-state index is 0. The SMILES string of the molecule is [K+].[K+].[O-]CC1(C[O-])C=CCCC1. The van der Waals surface area contributed by atoms with Crippen molar-refractivity contribution in [1.29, 1.82) is 0 Å². The minimum atomic E-state index is -0.530. The summed E-state index contributed by atoms with van der Waals surface area (Å²) in [6.07, 6.45) is 6.59. The van der Waals surface area contributed by atoms with Crippen molar-refractivity contribution in [3.63, 3.8) is 0 Å². The van der Waals surface area contributed by atoms with E-state index in [0.717, 1.165) is 19.3 Å². The Bertz CT molecular complexity index is 133. The van der Waals surface area contributed by atoms with Gasteiger partial charge in [0.25, 0.3) is 0 Å². The average molecular weight is 218 g/mol. The average Bonchev–Trinajstić information content (AvgIpc) is 2.06. The first-order chi connectivity index (χ1) is 4.83. The van der Waals surface area contributed by atoms with E-state index in [1.54, 1.807) is 0 Å². The second-order valence-electron chi connectivity index (χ2n) is 2.95. The summed E-state index contributed by atoms with van der Waals surface area (Å²) in [6.45, 7) is -0.486. The molecule has 58 valence electrons. The molecule has 0 saturated heterocycles. The first kappa shape index (κ1) is 17.3. The second-order valence-corrected chi connectivity index (χ2v) is 2.95. The Morgan fingerprint density at radius 3 is 2.00 bits per heavy atom. The largest absolute Gasteiger partial charge is 1.00 e. The summed E-state index contributed by atoms with van der Waals surface area (Å²) in [6, 6.07) is 0. The molecule has 0 radical (unpaired) electrons. The van der Waals surface area contributed by atoms with Gasteiger partial charge in [0, 0.05) is 0 Å². The van der Waals surface area contributed by atoms with Crippen LogP contribution in [0.25, 0.3) is 0 Å². The van der Waals surface area contributed by atoms with Crippen LogP contribution in [-0.4, -0.2) is 13.2 Å². The molecule has 1 aliphatic rings. The first-order valence-corrected chi connectivity index (χ1v) is 3.67. The monoisotopic (exact) mass is 218 g/mol. The zero-order chi connectivity index (χ0) is 7.45. The summed E-state index contributed by atoms with van der Waals surface area (Å²) in [4.78, 5) is 0. The predicted octanol–water partition coefficient (Wildman–Crippen LogP) is -6.56. The van der Waals surface area contributed by atoms with Crippen LogP contribution in [0.2, 0.25) is 0 Å². The maximum atomic E-state index is 10.6. The van der Waals surface area contributed by atoms with Crippen LogP contribution in [0.15, 0.2) is 12.2 Å². The molecule has 1 aliphatic carbocycles. The quantitative estimate of drug-likeness (QED) is 0.342. The van der Waals surface area contributed by atoms with Crippen LogP contribution in [0.3, 0.4) is 0 Å². The minimum Gasteiger partial charge on any atom is -0.854 e. The zero-order valence-corrected chi connectivity index (χ0v) is 14.3. The van der Waals surface area contributed by atoms with Gasteiger partial charge in [-0.1, -0.05) is 12.2 Å². The molecule has 0 saturated carbocycles. The number of rotatable bonds is 2. The van der Waals surface area contributed by atoms with Crippen molar-refractivity contribution >= 4 is 0 Å². The summed E-state index contributed by atoms with van der Waals surface area (Å²) in [5, 5.41) is 21.2. The van der Waals surface area contributed by atoms with Crippen LogP contribution < -0.4 is 113 Å². The fourth-order valence-electron chi connectivity index (χ4n) is 1.27. The van der Waals surface area contributed by atoms with E-state index >= 15 is 0 Å². The third-order valence-electron chi connectivity index (χ3n) is 2.09. The van der Waals surface area contributed by atoms with Crippen LogP contribution >= 0.6 is 0 Å². The molecule has 1 rings (SSSR count). The second kappa shape index (κ2) is 9.18. The van der Waals surface area contributed by atoms with Gasteiger partial charge in [-0.05, 0) is 24.7 Å². The van der Waals surface area contributed by atoms with Crippen molar-refractivity contribution in [2.75, 3.05) is 13.2 Å². The van der Waals surface area contributed by atoms with E-state index in [1.807, 2.05) is 12.2 Å². The maximum absolute atomic E-state index is 10.6. The molecule has 2 nitrogen and oxygen atoms in total. The van der Waals surface area contributed by atoms with Gasteiger partial charge in [-0.25, -0.2) is 0 Å². The van der Waals surface area contributed by atoms with E-state index in [4.69, 9.17) is 0 Å². The molecule has 0 aromatic carbocycles. The van der Waals surface area contributed by atoms with Crippen LogP contribution in [0.4, 0.5) is 0 Å². The van der Waals surface area contributed by atoms with Gasteiger partial charge in [0.1, 0.15) is 0 Å². The molecule has 4 heteroatoms. The summed E-state index contributed by atoms with van der Waals surface area (Å²) in [7, 11) is 0. The Balaban J connectivity index is 0. The van der Waals surface area contributed by atoms with Crippen molar-refractivity contribution in [2.24, 2.45) is 5.41 Å². The summed E-state index contributed by atoms with van der Waals surface area (Å²) in [5.74, 6) is 0. The van der Waals surface area contributed by atoms with E-state index in [9.17, 15) is 10.2 Å². The Morgan fingerprint density at radius 2 is 1.75 bits per heavy atom. The molecule has 0 aliphatic heterocycles. The molecule has 0 aromatic rings. The summed E-state index contributed by atoms with van der Waals surface area (Å²) >= 11 is 0. The third-order valence-corrected chi connectivity index (χ3v) is 2.09. The van der Waals surface area contributed by atoms with Crippen molar-refractivity contribution < 1.29 is 113 Å². The molecular formula is C8H12K2O2. The van der Waals surface area contributed by atoms with Gasteiger partial charge in [-0.2, -0.15) is 0 Å². The van der Waals surface area contributed by atoms with Gasteiger partial charge in [0.15, 0.2) is 0 Å². The van der Waals surface area contributed by atoms with Crippen molar-refractivity contribution in [3.8, 4) is 0 Å². The Hall–Kier alpha value is 2.93. The molecular weight excluding hydrogens is 206 g/mol. The third kappa shape index (κ3) is 5.14. The molecule has 0 bridgehead atoms. The smallest absolute Gasteiger partial charge is 0.854 e. The molecule has 0 fully saturated rings. The van der Waals surface area contributed by atoms with Crippen LogP contribution in [0.5, 0.6) is 0 Å². The van der Waals surface area contributed by atoms with Crippen molar-refractivity contribution in [3.05, 3.63) is 12.2 Å². The van der Waals surface area contributed by atoms with Gasteiger partial charge in [0.2, 0.25) is 0 Å². The Labute approximate surface area is 159 Å². The summed E-state index contributed by atoms with van der Waals surface area (Å²) in [5.41, 5.74) is -0.530. The normalized spacial score (nSPS) is 19.2. The molecule has 0 unspecified atom stereocenters. The number of hydrogen-bond acceptors (Lipinski definition) is 2. The first-order valence-electron chi connectivity index (χ1n) is 3.67. The van der Waals surface area contributed by atoms with E-state index in [0.29, 0.717) is 0 Å². The van der Waals surface area contributed by atoms with Gasteiger partial charge in [-0.15, -0.1) is 13.2 Å². The predicted molar refractivity (Wildman–Crippen MR) is 35.2 cm³/mol. The Kier molecular flexibility index (Phi) is 13.3. The van der Waals surface area contributed by atoms with Crippen LogP contribution in [0, 0.1) is 5.41 Å². The molecule has 0 amide bonds. The zero-order valence-electron chi connectivity index (χ0n) is 8.01. The standard InChI is InChI=1S/C8H12O2.2K/c9-6-8(7-10)4-2-1-3-5-8;;/h2,4H,1,3,5-7H2;;/q-2;2*+1. The van der Waals surface area contributed by atoms with E-state index in [1.165, 1.54) is 0 Å². The Morgan fingerprint density at radius 1 is 1.17 bits per heavy atom. The van der Waals surface area contributed by atoms with Gasteiger partial charge < -0.3 is 10.2 Å². The van der Waals surface area contributed by atoms with Crippen molar-refractivity contribution in [2.45, 2.75) is 19.3 Å². The fourth-order valence-corrected chi connectivity index (χ4v) is 1.27. The van der Waals surface area contributed by atoms with Crippen LogP contribution in [0.1, 0.15) is 19.3 Å². The fraction of sp³-hybridized carbons (Fsp3) is 0.750. The number of allylic oxidation sites excluding steroid dienone is 1. The van der Waals surface area contributed by atoms with Crippen molar-refractivity contribution in [1.82, 2.24) is 0 Å². The van der Waals surface area contributed by atoms with E-state index in [2.05, 4.69) is 0 Å². The molecule has 0 heterocycles. The topological polar surface area (TPSA) is 46.1 Å². The number of hydrogen-bond donors (Lipinski definition) is 0. The molecule has 0 atom stereocenters. The van der Waals surface area contributed by atoms with Gasteiger partial charge in [0.05, 0.1) is 0 Å². The van der Waals surface area contributed by atoms with Gasteiger partial charge >= 0.3 is 103 Å². The maximum Gasteiger partial charge on any atom is 1.00 e.